The number of amides is 1. The lowest BCUT2D eigenvalue weighted by atomic mass is 10.2. The van der Waals surface area contributed by atoms with Crippen LogP contribution in [-0.4, -0.2) is 40.6 Å². The molecule has 0 bridgehead atoms. The lowest BCUT2D eigenvalue weighted by molar-refractivity contribution is -0.137. The second kappa shape index (κ2) is 9.93. The third-order valence-electron chi connectivity index (χ3n) is 4.08. The second-order valence-corrected chi connectivity index (χ2v) is 6.14. The molecule has 1 aliphatic heterocycles. The van der Waals surface area contributed by atoms with E-state index in [0.29, 0.717) is 5.75 Å². The quantitative estimate of drug-likeness (QED) is 0.828. The fraction of sp³-hybridized carbons (Fsp3) is 0.368. The van der Waals surface area contributed by atoms with Crippen molar-refractivity contribution in [2.75, 3.05) is 25.4 Å². The zero-order valence-corrected chi connectivity index (χ0v) is 15.2. The van der Waals surface area contributed by atoms with Gasteiger partial charge in [-0.15, -0.1) is 0 Å². The molecule has 0 spiro atoms. The molecular formula is C19H22F3N3O3. The first-order chi connectivity index (χ1) is 13.3. The first-order valence-corrected chi connectivity index (χ1v) is 8.68. The Labute approximate surface area is 160 Å². The van der Waals surface area contributed by atoms with Gasteiger partial charge in [-0.05, 0) is 36.6 Å². The summed E-state index contributed by atoms with van der Waals surface area (Å²) in [5.74, 6) is 0.712. The molecule has 0 saturated carbocycles. The molecule has 6 nitrogen and oxygen atoms in total. The Morgan fingerprint density at radius 1 is 1.18 bits per heavy atom. The fourth-order valence-electron chi connectivity index (χ4n) is 2.56. The van der Waals surface area contributed by atoms with Crippen LogP contribution in [0.15, 0.2) is 42.7 Å². The molecule has 0 radical (unpaired) electrons. The lowest BCUT2D eigenvalue weighted by Crippen LogP contribution is -2.32. The van der Waals surface area contributed by atoms with E-state index in [4.69, 9.17) is 15.6 Å². The molecule has 0 unspecified atom stereocenters. The van der Waals surface area contributed by atoms with Crippen molar-refractivity contribution in [3.05, 3.63) is 53.9 Å². The Morgan fingerprint density at radius 2 is 1.82 bits per heavy atom. The van der Waals surface area contributed by atoms with Crippen molar-refractivity contribution >= 4 is 11.6 Å². The highest BCUT2D eigenvalue weighted by atomic mass is 19.4. The summed E-state index contributed by atoms with van der Waals surface area (Å²) in [6.45, 7) is 1.82. The van der Waals surface area contributed by atoms with E-state index in [2.05, 4.69) is 4.98 Å². The van der Waals surface area contributed by atoms with E-state index >= 15 is 0 Å². The summed E-state index contributed by atoms with van der Waals surface area (Å²) in [6.07, 6.45) is -0.164. The van der Waals surface area contributed by atoms with Gasteiger partial charge < -0.3 is 20.5 Å². The molecule has 2 aromatic rings. The third-order valence-corrected chi connectivity index (χ3v) is 4.08. The van der Waals surface area contributed by atoms with Crippen molar-refractivity contribution < 1.29 is 27.8 Å². The molecular weight excluding hydrogens is 375 g/mol. The zero-order chi connectivity index (χ0) is 20.6. The number of nitrogens with two attached hydrogens (primary N) is 1. The van der Waals surface area contributed by atoms with Crippen LogP contribution >= 0.6 is 0 Å². The monoisotopic (exact) mass is 397 g/mol. The molecule has 28 heavy (non-hydrogen) atoms. The smallest absolute Gasteiger partial charge is 0.418 e. The summed E-state index contributed by atoms with van der Waals surface area (Å²) in [5.41, 5.74) is 4.67. The van der Waals surface area contributed by atoms with Crippen LogP contribution in [0.3, 0.4) is 0 Å². The zero-order valence-electron chi connectivity index (χ0n) is 15.2. The summed E-state index contributed by atoms with van der Waals surface area (Å²) in [4.78, 5) is 17.0. The van der Waals surface area contributed by atoms with Crippen LogP contribution in [0.25, 0.3) is 0 Å². The number of aliphatic hydroxyl groups is 1. The Bertz CT molecular complexity index is 761. The molecule has 1 aliphatic rings. The number of carbonyl (C=O) groups excluding carboxylic acids is 1. The largest absolute Gasteiger partial charge is 0.484 e. The van der Waals surface area contributed by atoms with Crippen molar-refractivity contribution in [1.29, 1.82) is 0 Å². The Balaban J connectivity index is 0.000000221. The number of halogens is 3. The number of rotatable bonds is 4. The maximum atomic E-state index is 11.9. The molecule has 1 amide bonds. The summed E-state index contributed by atoms with van der Waals surface area (Å²) in [6, 6.07) is 7.95. The first kappa shape index (κ1) is 21.5. The van der Waals surface area contributed by atoms with Crippen LogP contribution < -0.4 is 10.5 Å². The van der Waals surface area contributed by atoms with E-state index in [0.717, 1.165) is 50.0 Å². The van der Waals surface area contributed by atoms with E-state index in [1.165, 1.54) is 0 Å². The topological polar surface area (TPSA) is 88.7 Å². The Morgan fingerprint density at radius 3 is 2.32 bits per heavy atom. The van der Waals surface area contributed by atoms with Gasteiger partial charge in [-0.2, -0.15) is 13.2 Å². The van der Waals surface area contributed by atoms with Gasteiger partial charge in [0.25, 0.3) is 5.91 Å². The minimum atomic E-state index is -4.38. The van der Waals surface area contributed by atoms with Crippen LogP contribution in [0.5, 0.6) is 5.75 Å². The third kappa shape index (κ3) is 6.41. The number of nitrogens with zero attached hydrogens (tertiary/aromatic N) is 2. The maximum Gasteiger partial charge on any atom is 0.418 e. The van der Waals surface area contributed by atoms with Crippen molar-refractivity contribution in [3.8, 4) is 5.75 Å². The lowest BCUT2D eigenvalue weighted by Gasteiger charge is -2.15. The van der Waals surface area contributed by atoms with Crippen molar-refractivity contribution in [1.82, 2.24) is 9.88 Å². The van der Waals surface area contributed by atoms with Crippen molar-refractivity contribution in [2.24, 2.45) is 0 Å². The Kier molecular flexibility index (Phi) is 7.62. The molecule has 1 aromatic carbocycles. The average molecular weight is 397 g/mol. The van der Waals surface area contributed by atoms with Crippen LogP contribution in [0.1, 0.15) is 24.0 Å². The van der Waals surface area contributed by atoms with Crippen LogP contribution in [0.4, 0.5) is 18.9 Å². The van der Waals surface area contributed by atoms with E-state index in [-0.39, 0.29) is 24.8 Å². The van der Waals surface area contributed by atoms with Gasteiger partial charge in [0.1, 0.15) is 5.75 Å². The number of aliphatic hydroxyl groups excluding tert-OH is 1. The second-order valence-electron chi connectivity index (χ2n) is 6.14. The minimum Gasteiger partial charge on any atom is -0.484 e. The molecule has 3 rings (SSSR count). The number of ether oxygens (including phenoxy) is 1. The van der Waals surface area contributed by atoms with Crippen molar-refractivity contribution in [2.45, 2.75) is 25.6 Å². The van der Waals surface area contributed by atoms with E-state index in [1.54, 1.807) is 24.3 Å². The standard InChI is InChI=1S/C13H17NO3.C6H5F3N2/c15-9-11-3-5-12(6-4-11)17-10-13(16)14-7-1-2-8-14;7-6(8,9)4-1-2-11-3-5(4)10/h3-6,15H,1-2,7-10H2;1-3H,10H2. The highest BCUT2D eigenvalue weighted by Gasteiger charge is 2.32. The molecule has 9 heteroatoms. The summed E-state index contributed by atoms with van der Waals surface area (Å²) in [5, 5.41) is 8.89. The number of carbonyl (C=O) groups is 1. The number of nitrogen functional groups attached to an aromatic ring is 1. The van der Waals surface area contributed by atoms with Gasteiger partial charge in [-0.1, -0.05) is 12.1 Å². The average Bonchev–Trinajstić information content (AvgIpc) is 3.21. The highest BCUT2D eigenvalue weighted by molar-refractivity contribution is 5.78. The van der Waals surface area contributed by atoms with Gasteiger partial charge in [0.05, 0.1) is 24.1 Å². The fourth-order valence-corrected chi connectivity index (χ4v) is 2.56. The number of aromatic nitrogens is 1. The molecule has 152 valence electrons. The number of anilines is 1. The van der Waals surface area contributed by atoms with E-state index < -0.39 is 11.7 Å². The van der Waals surface area contributed by atoms with Gasteiger partial charge in [0.15, 0.2) is 6.61 Å². The first-order valence-electron chi connectivity index (χ1n) is 8.68. The molecule has 3 N–H and O–H groups in total. The van der Waals surface area contributed by atoms with Crippen LogP contribution in [0, 0.1) is 0 Å². The molecule has 0 aliphatic carbocycles. The minimum absolute atomic E-state index is 0.0208. The van der Waals surface area contributed by atoms with Gasteiger partial charge in [0, 0.05) is 19.3 Å². The van der Waals surface area contributed by atoms with E-state index in [1.807, 2.05) is 4.90 Å². The van der Waals surface area contributed by atoms with Crippen molar-refractivity contribution in [3.63, 3.8) is 0 Å². The van der Waals surface area contributed by atoms with Gasteiger partial charge >= 0.3 is 6.18 Å². The number of hydrogen-bond donors (Lipinski definition) is 2. The molecule has 1 aromatic heterocycles. The van der Waals surface area contributed by atoms with Gasteiger partial charge in [-0.25, -0.2) is 0 Å². The molecule has 1 fully saturated rings. The normalized spacial score (nSPS) is 13.6. The Hall–Kier alpha value is -2.81. The number of alkyl halides is 3. The van der Waals surface area contributed by atoms with E-state index in [9.17, 15) is 18.0 Å². The summed E-state index contributed by atoms with van der Waals surface area (Å²) < 4.78 is 41.2. The molecule has 2 heterocycles. The number of benzene rings is 1. The maximum absolute atomic E-state index is 11.9. The number of pyridine rings is 1. The SMILES string of the molecule is Nc1cnccc1C(F)(F)F.O=C(COc1ccc(CO)cc1)N1CCCC1. The summed E-state index contributed by atoms with van der Waals surface area (Å²) in [7, 11) is 0. The van der Waals surface area contributed by atoms with Crippen LogP contribution in [0.2, 0.25) is 0 Å². The number of hydrogen-bond acceptors (Lipinski definition) is 5. The summed E-state index contributed by atoms with van der Waals surface area (Å²) >= 11 is 0. The number of likely N-dealkylation sites (tertiary alicyclic amines) is 1. The molecule has 0 atom stereocenters. The highest BCUT2D eigenvalue weighted by Crippen LogP contribution is 2.32. The van der Waals surface area contributed by atoms with Crippen LogP contribution in [-0.2, 0) is 17.6 Å². The molecule has 1 saturated heterocycles. The predicted molar refractivity (Wildman–Crippen MR) is 97.3 cm³/mol. The predicted octanol–water partition coefficient (Wildman–Crippen LogP) is 2.86. The van der Waals surface area contributed by atoms with Gasteiger partial charge in [-0.3, -0.25) is 9.78 Å². The van der Waals surface area contributed by atoms with Gasteiger partial charge in [0.2, 0.25) is 0 Å².